The van der Waals surface area contributed by atoms with Gasteiger partial charge in [-0.1, -0.05) is 37.3 Å². The van der Waals surface area contributed by atoms with E-state index in [0.29, 0.717) is 0 Å². The van der Waals surface area contributed by atoms with Crippen molar-refractivity contribution in [1.29, 1.82) is 0 Å². The zero-order chi connectivity index (χ0) is 9.68. The van der Waals surface area contributed by atoms with E-state index < -0.39 is 0 Å². The molecular weight excluding hydrogens is 158 g/mol. The van der Waals surface area contributed by atoms with Crippen LogP contribution in [0.4, 0.5) is 0 Å². The van der Waals surface area contributed by atoms with Crippen LogP contribution in [0, 0.1) is 0 Å². The minimum absolute atomic E-state index is 1.03. The molecule has 0 unspecified atom stereocenters. The molecule has 1 aliphatic heterocycles. The molecule has 1 heterocycles. The minimum atomic E-state index is 1.03. The van der Waals surface area contributed by atoms with E-state index in [1.165, 1.54) is 5.57 Å². The Morgan fingerprint density at radius 2 is 2.23 bits per heavy atom. The van der Waals surface area contributed by atoms with Crippen LogP contribution < -0.4 is 0 Å². The van der Waals surface area contributed by atoms with Crippen LogP contribution in [0.3, 0.4) is 0 Å². The first-order valence-electron chi connectivity index (χ1n) is 4.68. The van der Waals surface area contributed by atoms with Gasteiger partial charge in [-0.25, -0.2) is 0 Å². The van der Waals surface area contributed by atoms with Crippen molar-refractivity contribution in [3.8, 4) is 0 Å². The third kappa shape index (κ3) is 2.94. The van der Waals surface area contributed by atoms with Gasteiger partial charge in [0.15, 0.2) is 0 Å². The molecule has 0 N–H and O–H groups in total. The van der Waals surface area contributed by atoms with Crippen molar-refractivity contribution in [1.82, 2.24) is 4.90 Å². The zero-order valence-corrected chi connectivity index (χ0v) is 8.46. The van der Waals surface area contributed by atoms with Crippen LogP contribution in [0.5, 0.6) is 0 Å². The molecule has 0 atom stereocenters. The molecule has 0 saturated carbocycles. The molecule has 0 saturated heterocycles. The molecule has 0 fully saturated rings. The fraction of sp³-hybridized carbons (Fsp3) is 0.333. The predicted octanol–water partition coefficient (Wildman–Crippen LogP) is 3.24. The normalized spacial score (nSPS) is 26.8. The number of allylic oxidation sites excluding steroid dienone is 5. The lowest BCUT2D eigenvalue weighted by molar-refractivity contribution is 0.581. The average molecular weight is 175 g/mol. The van der Waals surface area contributed by atoms with Gasteiger partial charge in [-0.3, -0.25) is 0 Å². The van der Waals surface area contributed by atoms with Gasteiger partial charge in [0.25, 0.3) is 0 Å². The molecule has 0 aliphatic carbocycles. The van der Waals surface area contributed by atoms with Gasteiger partial charge in [-0.2, -0.15) is 0 Å². The van der Waals surface area contributed by atoms with Gasteiger partial charge in [0.1, 0.15) is 0 Å². The Bertz CT molecular complexity index is 269. The molecule has 1 rings (SSSR count). The van der Waals surface area contributed by atoms with Gasteiger partial charge in [0.2, 0.25) is 0 Å². The van der Waals surface area contributed by atoms with Crippen molar-refractivity contribution < 1.29 is 0 Å². The Balaban J connectivity index is 2.86. The zero-order valence-electron chi connectivity index (χ0n) is 8.46. The summed E-state index contributed by atoms with van der Waals surface area (Å²) in [5, 5.41) is 0. The second kappa shape index (κ2) is 4.70. The maximum absolute atomic E-state index is 3.97. The van der Waals surface area contributed by atoms with Gasteiger partial charge < -0.3 is 4.90 Å². The number of nitrogens with zero attached hydrogens (tertiary/aromatic N) is 1. The lowest BCUT2D eigenvalue weighted by Crippen LogP contribution is -2.08. The fourth-order valence-corrected chi connectivity index (χ4v) is 1.23. The number of hydrogen-bond acceptors (Lipinski definition) is 1. The summed E-state index contributed by atoms with van der Waals surface area (Å²) in [6.45, 7) is 6.15. The molecule has 70 valence electrons. The molecule has 0 aromatic rings. The second-order valence-corrected chi connectivity index (χ2v) is 3.23. The maximum atomic E-state index is 3.97. The van der Waals surface area contributed by atoms with Crippen LogP contribution in [0.1, 0.15) is 19.8 Å². The van der Waals surface area contributed by atoms with Crippen molar-refractivity contribution in [3.63, 3.8) is 0 Å². The third-order valence-corrected chi connectivity index (χ3v) is 2.20. The monoisotopic (exact) mass is 175 g/mol. The molecule has 0 bridgehead atoms. The Labute approximate surface area is 80.7 Å². The molecule has 0 amide bonds. The summed E-state index contributed by atoms with van der Waals surface area (Å²) in [4.78, 5) is 2.07. The summed E-state index contributed by atoms with van der Waals surface area (Å²) in [5.74, 6) is 0. The molecule has 13 heavy (non-hydrogen) atoms. The van der Waals surface area contributed by atoms with E-state index in [-0.39, 0.29) is 0 Å². The molecule has 1 aliphatic rings. The Kier molecular flexibility index (Phi) is 3.56. The van der Waals surface area contributed by atoms with E-state index in [4.69, 9.17) is 0 Å². The van der Waals surface area contributed by atoms with Gasteiger partial charge in [-0.15, -0.1) is 0 Å². The van der Waals surface area contributed by atoms with Crippen LogP contribution >= 0.6 is 0 Å². The van der Waals surface area contributed by atoms with Crippen molar-refractivity contribution in [2.24, 2.45) is 0 Å². The first kappa shape index (κ1) is 9.85. The van der Waals surface area contributed by atoms with Crippen LogP contribution in [0.2, 0.25) is 0 Å². The summed E-state index contributed by atoms with van der Waals surface area (Å²) in [6.07, 6.45) is 12.6. The summed E-state index contributed by atoms with van der Waals surface area (Å²) in [6, 6.07) is 0. The van der Waals surface area contributed by atoms with E-state index in [2.05, 4.69) is 36.8 Å². The quantitative estimate of drug-likeness (QED) is 0.591. The summed E-state index contributed by atoms with van der Waals surface area (Å²) < 4.78 is 0. The summed E-state index contributed by atoms with van der Waals surface area (Å²) >= 11 is 0. The first-order valence-corrected chi connectivity index (χ1v) is 4.68. The van der Waals surface area contributed by atoms with Gasteiger partial charge >= 0.3 is 0 Å². The molecule has 0 aromatic heterocycles. The molecule has 0 radical (unpaired) electrons. The minimum Gasteiger partial charge on any atom is -0.352 e. The summed E-state index contributed by atoms with van der Waals surface area (Å²) in [5.41, 5.74) is 2.46. The van der Waals surface area contributed by atoms with E-state index >= 15 is 0 Å². The lowest BCUT2D eigenvalue weighted by atomic mass is 10.1. The highest BCUT2D eigenvalue weighted by atomic mass is 15.1. The SMILES string of the molecule is C=C1/C=C\C=C/C/C(CC)=C\N1C. The molecule has 1 heteroatoms. The van der Waals surface area contributed by atoms with Gasteiger partial charge in [0.05, 0.1) is 0 Å². The highest BCUT2D eigenvalue weighted by molar-refractivity contribution is 5.23. The Morgan fingerprint density at radius 1 is 1.46 bits per heavy atom. The van der Waals surface area contributed by atoms with Crippen molar-refractivity contribution >= 4 is 0 Å². The number of rotatable bonds is 1. The van der Waals surface area contributed by atoms with E-state index in [0.717, 1.165) is 18.5 Å². The smallest absolute Gasteiger partial charge is 0.0330 e. The van der Waals surface area contributed by atoms with Crippen LogP contribution in [-0.2, 0) is 0 Å². The third-order valence-electron chi connectivity index (χ3n) is 2.20. The molecule has 0 spiro atoms. The Hall–Kier alpha value is -1.24. The largest absolute Gasteiger partial charge is 0.352 e. The first-order chi connectivity index (χ1) is 6.24. The average Bonchev–Trinajstić information content (AvgIpc) is 2.20. The van der Waals surface area contributed by atoms with Crippen molar-refractivity contribution in [2.75, 3.05) is 7.05 Å². The van der Waals surface area contributed by atoms with Crippen molar-refractivity contribution in [2.45, 2.75) is 19.8 Å². The highest BCUT2D eigenvalue weighted by Gasteiger charge is 1.98. The predicted molar refractivity (Wildman–Crippen MR) is 58.2 cm³/mol. The molecular formula is C12H17N. The van der Waals surface area contributed by atoms with Gasteiger partial charge in [-0.05, 0) is 18.9 Å². The van der Waals surface area contributed by atoms with Crippen LogP contribution in [0.15, 0.2) is 48.4 Å². The van der Waals surface area contributed by atoms with Crippen LogP contribution in [0.25, 0.3) is 0 Å². The van der Waals surface area contributed by atoms with Gasteiger partial charge in [0, 0.05) is 18.9 Å². The summed E-state index contributed by atoms with van der Waals surface area (Å²) in [7, 11) is 2.04. The second-order valence-electron chi connectivity index (χ2n) is 3.23. The van der Waals surface area contributed by atoms with Crippen LogP contribution in [-0.4, -0.2) is 11.9 Å². The standard InChI is InChI=1S/C12H17N/c1-4-12-9-7-5-6-8-11(2)13(3)10-12/h5-8,10H,2,4,9H2,1,3H3/b7-5-,8-6-,12-10-. The highest BCUT2D eigenvalue weighted by Crippen LogP contribution is 2.13. The fourth-order valence-electron chi connectivity index (χ4n) is 1.23. The topological polar surface area (TPSA) is 3.24 Å². The number of hydrogen-bond donors (Lipinski definition) is 0. The van der Waals surface area contributed by atoms with Crippen molar-refractivity contribution in [3.05, 3.63) is 48.4 Å². The van der Waals surface area contributed by atoms with E-state index in [1.54, 1.807) is 0 Å². The van der Waals surface area contributed by atoms with E-state index in [9.17, 15) is 0 Å². The molecule has 1 nitrogen and oxygen atoms in total. The maximum Gasteiger partial charge on any atom is 0.0330 e. The van der Waals surface area contributed by atoms with E-state index in [1.807, 2.05) is 19.2 Å². The lowest BCUT2D eigenvalue weighted by Gasteiger charge is -2.15. The Morgan fingerprint density at radius 3 is 2.92 bits per heavy atom. The number of likely N-dealkylation sites (N-methyl/N-ethyl adjacent to an activating group) is 1. The molecule has 0 aromatic carbocycles.